The maximum atomic E-state index is 12.0. The molecule has 1 aromatic carbocycles. The van der Waals surface area contributed by atoms with Crippen LogP contribution in [0.15, 0.2) is 30.5 Å². The average molecular weight is 301 g/mol. The number of hydrogen-bond donors (Lipinski definition) is 2. The number of H-pyrrole nitrogens is 1. The minimum absolute atomic E-state index is 0.0428. The number of nitrogens with zero attached hydrogens (tertiary/aromatic N) is 1. The molecule has 0 atom stereocenters. The van der Waals surface area contributed by atoms with Gasteiger partial charge < -0.3 is 19.9 Å². The molecule has 116 valence electrons. The number of morpholine rings is 1. The van der Waals surface area contributed by atoms with Crippen molar-refractivity contribution in [1.82, 2.24) is 15.2 Å². The number of aromatic nitrogens is 1. The van der Waals surface area contributed by atoms with E-state index < -0.39 is 0 Å². The highest BCUT2D eigenvalue weighted by Gasteiger charge is 2.17. The number of para-hydroxylation sites is 1. The second-order valence-corrected chi connectivity index (χ2v) is 5.31. The number of carbonyl (C=O) groups is 2. The van der Waals surface area contributed by atoms with Gasteiger partial charge in [-0.25, -0.2) is 0 Å². The van der Waals surface area contributed by atoms with Crippen LogP contribution < -0.4 is 5.32 Å². The second-order valence-electron chi connectivity index (χ2n) is 5.31. The molecule has 2 amide bonds. The molecule has 0 radical (unpaired) electrons. The molecule has 1 fully saturated rings. The van der Waals surface area contributed by atoms with Crippen molar-refractivity contribution >= 4 is 22.7 Å². The van der Waals surface area contributed by atoms with E-state index >= 15 is 0 Å². The molecule has 2 N–H and O–H groups in total. The molecule has 1 aliphatic rings. The fourth-order valence-corrected chi connectivity index (χ4v) is 2.61. The van der Waals surface area contributed by atoms with Crippen molar-refractivity contribution in [3.05, 3.63) is 36.0 Å². The molecule has 0 aliphatic carbocycles. The van der Waals surface area contributed by atoms with E-state index in [1.807, 2.05) is 30.5 Å². The number of benzene rings is 1. The average Bonchev–Trinajstić information content (AvgIpc) is 2.97. The van der Waals surface area contributed by atoms with Crippen LogP contribution in [-0.4, -0.2) is 54.5 Å². The van der Waals surface area contributed by atoms with Crippen molar-refractivity contribution in [2.75, 3.05) is 32.8 Å². The van der Waals surface area contributed by atoms with Gasteiger partial charge in [-0.05, 0) is 11.6 Å². The summed E-state index contributed by atoms with van der Waals surface area (Å²) in [5.74, 6) is -0.207. The highest BCUT2D eigenvalue weighted by molar-refractivity contribution is 5.90. The summed E-state index contributed by atoms with van der Waals surface area (Å²) in [5, 5.41) is 3.74. The van der Waals surface area contributed by atoms with Gasteiger partial charge in [-0.2, -0.15) is 0 Å². The van der Waals surface area contributed by atoms with Crippen molar-refractivity contribution in [2.24, 2.45) is 0 Å². The van der Waals surface area contributed by atoms with E-state index in [9.17, 15) is 9.59 Å². The van der Waals surface area contributed by atoms with Gasteiger partial charge in [-0.1, -0.05) is 18.2 Å². The summed E-state index contributed by atoms with van der Waals surface area (Å²) in [6.07, 6.45) is 2.11. The molecule has 22 heavy (non-hydrogen) atoms. The number of ether oxygens (including phenoxy) is 1. The van der Waals surface area contributed by atoms with Crippen LogP contribution >= 0.6 is 0 Å². The summed E-state index contributed by atoms with van der Waals surface area (Å²) in [5.41, 5.74) is 1.95. The maximum Gasteiger partial charge on any atom is 0.242 e. The molecular weight excluding hydrogens is 282 g/mol. The van der Waals surface area contributed by atoms with Crippen LogP contribution in [0.3, 0.4) is 0 Å². The Bertz CT molecular complexity index is 674. The molecule has 0 saturated carbocycles. The van der Waals surface area contributed by atoms with Crippen LogP contribution in [0.2, 0.25) is 0 Å². The number of hydrogen-bond acceptors (Lipinski definition) is 3. The molecular formula is C16H19N3O3. The number of amides is 2. The van der Waals surface area contributed by atoms with Crippen LogP contribution in [0.1, 0.15) is 5.56 Å². The molecule has 1 saturated heterocycles. The first-order valence-corrected chi connectivity index (χ1v) is 7.41. The first-order valence-electron chi connectivity index (χ1n) is 7.41. The Labute approximate surface area is 128 Å². The summed E-state index contributed by atoms with van der Waals surface area (Å²) in [7, 11) is 0. The molecule has 6 nitrogen and oxygen atoms in total. The molecule has 2 heterocycles. The van der Waals surface area contributed by atoms with Crippen molar-refractivity contribution in [1.29, 1.82) is 0 Å². The fraction of sp³-hybridized carbons (Fsp3) is 0.375. The van der Waals surface area contributed by atoms with Gasteiger partial charge in [0.25, 0.3) is 0 Å². The predicted molar refractivity (Wildman–Crippen MR) is 82.4 cm³/mol. The molecule has 6 heteroatoms. The Morgan fingerprint density at radius 3 is 2.82 bits per heavy atom. The van der Waals surface area contributed by atoms with Gasteiger partial charge in [-0.3, -0.25) is 9.59 Å². The third-order valence-electron chi connectivity index (χ3n) is 3.83. The molecule has 1 aromatic heterocycles. The quantitative estimate of drug-likeness (QED) is 0.872. The van der Waals surface area contributed by atoms with Crippen molar-refractivity contribution in [2.45, 2.75) is 6.42 Å². The fourth-order valence-electron chi connectivity index (χ4n) is 2.61. The van der Waals surface area contributed by atoms with Crippen LogP contribution in [0.4, 0.5) is 0 Å². The summed E-state index contributed by atoms with van der Waals surface area (Å²) < 4.78 is 5.20. The standard InChI is InChI=1S/C16H19N3O3/c20-15(18-11-16(21)19-5-7-22-8-6-19)9-12-10-17-14-4-2-1-3-13(12)14/h1-4,10,17H,5-9,11H2,(H,18,20). The normalized spacial score (nSPS) is 15.0. The SMILES string of the molecule is O=C(Cc1c[nH]c2ccccc12)NCC(=O)N1CCOCC1. The van der Waals surface area contributed by atoms with E-state index in [4.69, 9.17) is 4.74 Å². The van der Waals surface area contributed by atoms with Crippen LogP contribution in [0, 0.1) is 0 Å². The molecule has 3 rings (SSSR count). The summed E-state index contributed by atoms with van der Waals surface area (Å²) >= 11 is 0. The van der Waals surface area contributed by atoms with Crippen LogP contribution in [-0.2, 0) is 20.7 Å². The smallest absolute Gasteiger partial charge is 0.242 e. The third kappa shape index (κ3) is 3.28. The Balaban J connectivity index is 1.53. The van der Waals surface area contributed by atoms with Crippen LogP contribution in [0.5, 0.6) is 0 Å². The molecule has 0 unspecified atom stereocenters. The van der Waals surface area contributed by atoms with Gasteiger partial charge >= 0.3 is 0 Å². The number of carbonyl (C=O) groups excluding carboxylic acids is 2. The number of fused-ring (bicyclic) bond motifs is 1. The van der Waals surface area contributed by atoms with Crippen molar-refractivity contribution < 1.29 is 14.3 Å². The van der Waals surface area contributed by atoms with Crippen LogP contribution in [0.25, 0.3) is 10.9 Å². The van der Waals surface area contributed by atoms with E-state index in [1.54, 1.807) is 4.90 Å². The first-order chi connectivity index (χ1) is 10.7. The molecule has 0 spiro atoms. The molecule has 1 aliphatic heterocycles. The largest absolute Gasteiger partial charge is 0.378 e. The minimum Gasteiger partial charge on any atom is -0.378 e. The zero-order valence-corrected chi connectivity index (χ0v) is 12.3. The van der Waals surface area contributed by atoms with E-state index in [2.05, 4.69) is 10.3 Å². The maximum absolute atomic E-state index is 12.0. The van der Waals surface area contributed by atoms with E-state index in [0.717, 1.165) is 16.5 Å². The Hall–Kier alpha value is -2.34. The molecule has 2 aromatic rings. The summed E-state index contributed by atoms with van der Waals surface area (Å²) in [4.78, 5) is 28.8. The van der Waals surface area contributed by atoms with Gasteiger partial charge in [0.1, 0.15) is 0 Å². The zero-order chi connectivity index (χ0) is 15.4. The third-order valence-corrected chi connectivity index (χ3v) is 3.83. The zero-order valence-electron chi connectivity index (χ0n) is 12.3. The Morgan fingerprint density at radius 2 is 2.00 bits per heavy atom. The Morgan fingerprint density at radius 1 is 1.23 bits per heavy atom. The lowest BCUT2D eigenvalue weighted by atomic mass is 10.1. The van der Waals surface area contributed by atoms with Gasteiger partial charge in [0.05, 0.1) is 26.2 Å². The van der Waals surface area contributed by atoms with E-state index in [0.29, 0.717) is 26.3 Å². The first kappa shape index (κ1) is 14.6. The van der Waals surface area contributed by atoms with Gasteiger partial charge in [-0.15, -0.1) is 0 Å². The summed E-state index contributed by atoms with van der Waals surface area (Å²) in [6.45, 7) is 2.36. The van der Waals surface area contributed by atoms with Gasteiger partial charge in [0.15, 0.2) is 0 Å². The number of rotatable bonds is 4. The molecule has 0 bridgehead atoms. The Kier molecular flexibility index (Phi) is 4.39. The van der Waals surface area contributed by atoms with E-state index in [-0.39, 0.29) is 24.8 Å². The number of nitrogens with one attached hydrogen (secondary N) is 2. The lowest BCUT2D eigenvalue weighted by Crippen LogP contribution is -2.45. The van der Waals surface area contributed by atoms with Crippen molar-refractivity contribution in [3.8, 4) is 0 Å². The summed E-state index contributed by atoms with van der Waals surface area (Å²) in [6, 6.07) is 7.84. The van der Waals surface area contributed by atoms with Crippen molar-refractivity contribution in [3.63, 3.8) is 0 Å². The van der Waals surface area contributed by atoms with Gasteiger partial charge in [0, 0.05) is 30.2 Å². The lowest BCUT2D eigenvalue weighted by molar-refractivity contribution is -0.136. The lowest BCUT2D eigenvalue weighted by Gasteiger charge is -2.26. The van der Waals surface area contributed by atoms with E-state index in [1.165, 1.54) is 0 Å². The predicted octanol–water partition coefficient (Wildman–Crippen LogP) is 0.685. The second kappa shape index (κ2) is 6.62. The number of aromatic amines is 1. The highest BCUT2D eigenvalue weighted by Crippen LogP contribution is 2.17. The topological polar surface area (TPSA) is 74.4 Å². The van der Waals surface area contributed by atoms with Gasteiger partial charge in [0.2, 0.25) is 11.8 Å². The monoisotopic (exact) mass is 301 g/mol. The minimum atomic E-state index is -0.147. The highest BCUT2D eigenvalue weighted by atomic mass is 16.5.